The Labute approximate surface area is 125 Å². The lowest BCUT2D eigenvalue weighted by Gasteiger charge is -2.26. The van der Waals surface area contributed by atoms with E-state index in [1.165, 1.54) is 0 Å². The van der Waals surface area contributed by atoms with Crippen LogP contribution >= 0.6 is 0 Å². The Balaban J connectivity index is 2.28. The maximum atomic E-state index is 12.1. The Morgan fingerprint density at radius 2 is 1.90 bits per heavy atom. The number of hydrogen-bond acceptors (Lipinski definition) is 3. The van der Waals surface area contributed by atoms with Crippen LogP contribution in [0.5, 0.6) is 0 Å². The molecule has 0 aromatic heterocycles. The Hall–Kier alpha value is -1.59. The van der Waals surface area contributed by atoms with Gasteiger partial charge in [-0.05, 0) is 32.6 Å². The molecule has 2 amide bonds. The highest BCUT2D eigenvalue weighted by atomic mass is 16.4. The summed E-state index contributed by atoms with van der Waals surface area (Å²) in [6.45, 7) is 6.64. The predicted molar refractivity (Wildman–Crippen MR) is 78.6 cm³/mol. The molecule has 1 aliphatic rings. The number of amides is 2. The van der Waals surface area contributed by atoms with E-state index in [2.05, 4.69) is 5.32 Å². The summed E-state index contributed by atoms with van der Waals surface area (Å²) in [6.07, 6.45) is 1.71. The third-order valence-corrected chi connectivity index (χ3v) is 3.82. The molecule has 0 radical (unpaired) electrons. The number of nitrogens with zero attached hydrogens (tertiary/aromatic N) is 1. The number of carbonyl (C=O) groups is 3. The largest absolute Gasteiger partial charge is 0.481 e. The minimum Gasteiger partial charge on any atom is -0.481 e. The molecule has 0 heterocycles. The number of nitrogens with one attached hydrogen (secondary N) is 1. The van der Waals surface area contributed by atoms with Crippen LogP contribution in [0.25, 0.3) is 0 Å². The molecule has 6 heteroatoms. The van der Waals surface area contributed by atoms with Gasteiger partial charge in [0.25, 0.3) is 0 Å². The third kappa shape index (κ3) is 6.14. The lowest BCUT2D eigenvalue weighted by Crippen LogP contribution is -2.40. The highest BCUT2D eigenvalue weighted by molar-refractivity contribution is 5.82. The first kappa shape index (κ1) is 17.5. The molecule has 21 heavy (non-hydrogen) atoms. The van der Waals surface area contributed by atoms with Gasteiger partial charge in [0, 0.05) is 37.9 Å². The molecule has 0 aromatic rings. The van der Waals surface area contributed by atoms with Crippen molar-refractivity contribution in [2.45, 2.75) is 52.5 Å². The minimum absolute atomic E-state index is 0.0328. The van der Waals surface area contributed by atoms with Crippen molar-refractivity contribution in [3.8, 4) is 0 Å². The van der Waals surface area contributed by atoms with E-state index in [0.29, 0.717) is 25.4 Å². The van der Waals surface area contributed by atoms with Crippen molar-refractivity contribution in [1.82, 2.24) is 10.2 Å². The molecule has 1 aliphatic carbocycles. The lowest BCUT2D eigenvalue weighted by atomic mass is 10.2. The predicted octanol–water partition coefficient (Wildman–Crippen LogP) is 1.25. The van der Waals surface area contributed by atoms with Crippen LogP contribution < -0.4 is 5.32 Å². The van der Waals surface area contributed by atoms with Gasteiger partial charge in [0.1, 0.15) is 0 Å². The molecule has 0 spiro atoms. The summed E-state index contributed by atoms with van der Waals surface area (Å²) in [5, 5.41) is 11.4. The second kappa shape index (κ2) is 8.00. The van der Waals surface area contributed by atoms with Crippen molar-refractivity contribution in [3.05, 3.63) is 0 Å². The van der Waals surface area contributed by atoms with Crippen molar-refractivity contribution in [1.29, 1.82) is 0 Å². The molecule has 6 nitrogen and oxygen atoms in total. The fourth-order valence-electron chi connectivity index (χ4n) is 2.33. The smallest absolute Gasteiger partial charge is 0.303 e. The summed E-state index contributed by atoms with van der Waals surface area (Å²) in [6, 6.07) is 0.0328. The van der Waals surface area contributed by atoms with Gasteiger partial charge in [-0.1, -0.05) is 6.92 Å². The molecule has 0 aromatic carbocycles. The number of hydrogen-bond donors (Lipinski definition) is 2. The molecule has 0 saturated heterocycles. The maximum absolute atomic E-state index is 12.1. The summed E-state index contributed by atoms with van der Waals surface area (Å²) in [5.74, 6) is -0.269. The van der Waals surface area contributed by atoms with Crippen molar-refractivity contribution < 1.29 is 19.5 Å². The summed E-state index contributed by atoms with van der Waals surface area (Å²) >= 11 is 0. The summed E-state index contributed by atoms with van der Waals surface area (Å²) in [5.41, 5.74) is 0. The van der Waals surface area contributed by atoms with Gasteiger partial charge in [-0.3, -0.25) is 14.4 Å². The van der Waals surface area contributed by atoms with Crippen molar-refractivity contribution in [3.63, 3.8) is 0 Å². The standard InChI is InChI=1S/C15H26N2O4/c1-10(2)17(8-4-5-14(19)20)13(18)6-7-16-15(21)12-9-11(12)3/h10-12H,4-9H2,1-3H3,(H,16,21)(H,19,20). The fourth-order valence-corrected chi connectivity index (χ4v) is 2.33. The quantitative estimate of drug-likeness (QED) is 0.670. The third-order valence-electron chi connectivity index (χ3n) is 3.82. The van der Waals surface area contributed by atoms with Gasteiger partial charge in [-0.15, -0.1) is 0 Å². The van der Waals surface area contributed by atoms with Crippen LogP contribution in [0.15, 0.2) is 0 Å². The molecule has 1 rings (SSSR count). The van der Waals surface area contributed by atoms with Crippen LogP contribution in [0, 0.1) is 11.8 Å². The molecule has 2 atom stereocenters. The fraction of sp³-hybridized carbons (Fsp3) is 0.800. The van der Waals surface area contributed by atoms with Crippen LogP contribution in [0.1, 0.15) is 46.5 Å². The van der Waals surface area contributed by atoms with E-state index in [9.17, 15) is 14.4 Å². The Bertz CT molecular complexity index is 395. The van der Waals surface area contributed by atoms with Gasteiger partial charge in [0.2, 0.25) is 11.8 Å². The molecule has 0 aliphatic heterocycles. The van der Waals surface area contributed by atoms with Crippen molar-refractivity contribution in [2.75, 3.05) is 13.1 Å². The number of aliphatic carboxylic acids is 1. The molecule has 0 bridgehead atoms. The molecule has 2 unspecified atom stereocenters. The SMILES string of the molecule is CC1CC1C(=O)NCCC(=O)N(CCCC(=O)O)C(C)C. The first-order chi connectivity index (χ1) is 9.82. The highest BCUT2D eigenvalue weighted by Gasteiger charge is 2.38. The maximum Gasteiger partial charge on any atom is 0.303 e. The number of carboxylic acid groups (broad SMARTS) is 1. The van der Waals surface area contributed by atoms with E-state index in [0.717, 1.165) is 6.42 Å². The first-order valence-corrected chi connectivity index (χ1v) is 7.62. The molecule has 1 saturated carbocycles. The highest BCUT2D eigenvalue weighted by Crippen LogP contribution is 2.37. The van der Waals surface area contributed by atoms with Crippen molar-refractivity contribution >= 4 is 17.8 Å². The summed E-state index contributed by atoms with van der Waals surface area (Å²) in [4.78, 5) is 36.0. The normalized spacial score (nSPS) is 20.2. The average Bonchev–Trinajstić information content (AvgIpc) is 3.10. The van der Waals surface area contributed by atoms with E-state index >= 15 is 0 Å². The molecule has 1 fully saturated rings. The summed E-state index contributed by atoms with van der Waals surface area (Å²) in [7, 11) is 0. The van der Waals surface area contributed by atoms with Crippen LogP contribution in [-0.2, 0) is 14.4 Å². The molecule has 120 valence electrons. The lowest BCUT2D eigenvalue weighted by molar-refractivity contribution is -0.138. The van der Waals surface area contributed by atoms with Crippen LogP contribution in [0.4, 0.5) is 0 Å². The van der Waals surface area contributed by atoms with Crippen LogP contribution in [0.2, 0.25) is 0 Å². The Morgan fingerprint density at radius 3 is 2.38 bits per heavy atom. The topological polar surface area (TPSA) is 86.7 Å². The zero-order valence-electron chi connectivity index (χ0n) is 13.1. The van der Waals surface area contributed by atoms with Gasteiger partial charge in [0.05, 0.1) is 0 Å². The van der Waals surface area contributed by atoms with E-state index in [-0.39, 0.29) is 36.6 Å². The molecular weight excluding hydrogens is 272 g/mol. The van der Waals surface area contributed by atoms with E-state index in [1.807, 2.05) is 20.8 Å². The monoisotopic (exact) mass is 298 g/mol. The van der Waals surface area contributed by atoms with Gasteiger partial charge in [-0.25, -0.2) is 0 Å². The van der Waals surface area contributed by atoms with Crippen LogP contribution in [-0.4, -0.2) is 46.9 Å². The van der Waals surface area contributed by atoms with E-state index in [4.69, 9.17) is 5.11 Å². The van der Waals surface area contributed by atoms with Gasteiger partial charge < -0.3 is 15.3 Å². The van der Waals surface area contributed by atoms with Gasteiger partial charge >= 0.3 is 5.97 Å². The number of carbonyl (C=O) groups excluding carboxylic acids is 2. The van der Waals surface area contributed by atoms with Crippen LogP contribution in [0.3, 0.4) is 0 Å². The minimum atomic E-state index is -0.850. The average molecular weight is 298 g/mol. The number of rotatable bonds is 9. The first-order valence-electron chi connectivity index (χ1n) is 7.62. The van der Waals surface area contributed by atoms with Gasteiger partial charge in [-0.2, -0.15) is 0 Å². The zero-order chi connectivity index (χ0) is 16.0. The van der Waals surface area contributed by atoms with E-state index < -0.39 is 5.97 Å². The summed E-state index contributed by atoms with van der Waals surface area (Å²) < 4.78 is 0. The Morgan fingerprint density at radius 1 is 1.29 bits per heavy atom. The van der Waals surface area contributed by atoms with E-state index in [1.54, 1.807) is 4.90 Å². The molecule has 2 N–H and O–H groups in total. The second-order valence-electron chi connectivity index (χ2n) is 6.04. The van der Waals surface area contributed by atoms with Gasteiger partial charge in [0.15, 0.2) is 0 Å². The molecular formula is C15H26N2O4. The second-order valence-corrected chi connectivity index (χ2v) is 6.04. The van der Waals surface area contributed by atoms with Crippen molar-refractivity contribution in [2.24, 2.45) is 11.8 Å². The Kier molecular flexibility index (Phi) is 6.65. The number of carboxylic acids is 1. The zero-order valence-corrected chi connectivity index (χ0v) is 13.1.